The predicted octanol–water partition coefficient (Wildman–Crippen LogP) is 3.02. The van der Waals surface area contributed by atoms with Crippen molar-refractivity contribution in [1.82, 2.24) is 14.3 Å². The van der Waals surface area contributed by atoms with Crippen LogP contribution in [0.1, 0.15) is 51.2 Å². The Labute approximate surface area is 215 Å². The number of phenolic OH excluding ortho intramolecular Hbond substituents is 1. The molecule has 5 rings (SSSR count). The summed E-state index contributed by atoms with van der Waals surface area (Å²) in [7, 11) is -3.83. The smallest absolute Gasteiger partial charge is 0.246 e. The van der Waals surface area contributed by atoms with E-state index in [1.54, 1.807) is 12.1 Å². The molecule has 1 fully saturated rings. The van der Waals surface area contributed by atoms with E-state index in [2.05, 4.69) is 51.4 Å². The van der Waals surface area contributed by atoms with Crippen molar-refractivity contribution in [2.24, 2.45) is 15.4 Å². The summed E-state index contributed by atoms with van der Waals surface area (Å²) in [6.45, 7) is 9.23. The Bertz CT molecular complexity index is 1550. The van der Waals surface area contributed by atoms with Gasteiger partial charge in [0.2, 0.25) is 10.0 Å². The molecule has 4 heterocycles. The number of para-hydroxylation sites is 1. The van der Waals surface area contributed by atoms with E-state index in [-0.39, 0.29) is 40.3 Å². The van der Waals surface area contributed by atoms with Crippen LogP contribution in [-0.2, 0) is 10.0 Å². The largest absolute Gasteiger partial charge is 0.504 e. The quantitative estimate of drug-likeness (QED) is 0.399. The molecule has 2 aromatic heterocycles. The van der Waals surface area contributed by atoms with Gasteiger partial charge >= 0.3 is 0 Å². The molecular weight excluding hydrogens is 494 g/mol. The lowest BCUT2D eigenvalue weighted by atomic mass is 9.85. The summed E-state index contributed by atoms with van der Waals surface area (Å²) in [6, 6.07) is 8.14. The molecule has 0 saturated carbocycles. The standard InChI is InChI=1S/C25H31N7O4S/c1-15-10-11-17(36-15)20(25(2,3)4)29-24-23(30-21-22(31-24)27-14-26-21)28-16-8-7-9-18(19(16)33)37(34,35)32-12-5-6-13-32/h7-11,20,33H,5-6,12-14H2,1-4H3,(H,26,28,30)(H,27,29,31)/t20-/m0/s1. The maximum Gasteiger partial charge on any atom is 0.246 e. The highest BCUT2D eigenvalue weighted by Crippen LogP contribution is 2.39. The van der Waals surface area contributed by atoms with Gasteiger partial charge in [0.05, 0.1) is 11.7 Å². The first-order valence-corrected chi connectivity index (χ1v) is 13.7. The first kappa shape index (κ1) is 25.2. The fraction of sp³-hybridized carbons (Fsp3) is 0.440. The van der Waals surface area contributed by atoms with E-state index < -0.39 is 10.0 Å². The van der Waals surface area contributed by atoms with E-state index >= 15 is 0 Å². The third-order valence-corrected chi connectivity index (χ3v) is 8.36. The number of hydrogen-bond acceptors (Lipinski definition) is 10. The average molecular weight is 526 g/mol. The maximum atomic E-state index is 13.2. The summed E-state index contributed by atoms with van der Waals surface area (Å²) in [4.78, 5) is 17.7. The molecule has 11 nitrogen and oxygen atoms in total. The molecule has 0 aliphatic carbocycles. The molecule has 3 N–H and O–H groups in total. The Morgan fingerprint density at radius 3 is 2.32 bits per heavy atom. The Hall–Kier alpha value is -3.51. The van der Waals surface area contributed by atoms with Crippen LogP contribution in [0, 0.1) is 12.3 Å². The third-order valence-electron chi connectivity index (χ3n) is 6.43. The molecule has 2 aliphatic heterocycles. The number of nitrogens with one attached hydrogen (secondary N) is 2. The number of aromatic hydroxyl groups is 1. The molecule has 0 radical (unpaired) electrons. The van der Waals surface area contributed by atoms with Crippen LogP contribution in [0.25, 0.3) is 0 Å². The van der Waals surface area contributed by atoms with Crippen LogP contribution < -0.4 is 21.6 Å². The molecule has 1 saturated heterocycles. The number of furan rings is 1. The van der Waals surface area contributed by atoms with Gasteiger partial charge in [-0.05, 0) is 49.4 Å². The minimum atomic E-state index is -3.83. The van der Waals surface area contributed by atoms with E-state index in [0.29, 0.717) is 29.9 Å². The van der Waals surface area contributed by atoms with Crippen LogP contribution in [-0.4, -0.2) is 47.6 Å². The Balaban J connectivity index is 1.55. The van der Waals surface area contributed by atoms with Gasteiger partial charge in [-0.25, -0.2) is 28.4 Å². The third kappa shape index (κ3) is 4.90. The number of anilines is 3. The minimum absolute atomic E-state index is 0.152. The van der Waals surface area contributed by atoms with Crippen LogP contribution in [0.3, 0.4) is 0 Å². The first-order chi connectivity index (χ1) is 17.5. The molecule has 3 aromatic rings. The number of phenols is 1. The second-order valence-electron chi connectivity index (χ2n) is 10.3. The summed E-state index contributed by atoms with van der Waals surface area (Å²) in [5.41, 5.74) is 0.699. The molecule has 0 spiro atoms. The highest BCUT2D eigenvalue weighted by molar-refractivity contribution is 7.89. The van der Waals surface area contributed by atoms with Gasteiger partial charge in [0.25, 0.3) is 0 Å². The maximum absolute atomic E-state index is 13.2. The SMILES string of the molecule is Cc1ccc([C@H](Nc2nc3c(nc2Nc2cccc(S(=O)(=O)N4CCCC4)c2O)=NCN=3)C(C)(C)C)o1. The second kappa shape index (κ2) is 9.42. The van der Waals surface area contributed by atoms with Crippen molar-refractivity contribution >= 4 is 27.3 Å². The molecule has 2 aliphatic rings. The van der Waals surface area contributed by atoms with Gasteiger partial charge in [0.15, 0.2) is 28.4 Å². The predicted molar refractivity (Wildman–Crippen MR) is 138 cm³/mol. The Kier molecular flexibility index (Phi) is 6.40. The molecule has 12 heteroatoms. The summed E-state index contributed by atoms with van der Waals surface area (Å²) in [5, 5.41) is 17.6. The van der Waals surface area contributed by atoms with Gasteiger partial charge in [-0.3, -0.25) is 0 Å². The molecule has 1 atom stereocenters. The van der Waals surface area contributed by atoms with E-state index in [9.17, 15) is 13.5 Å². The van der Waals surface area contributed by atoms with Crippen molar-refractivity contribution in [1.29, 1.82) is 0 Å². The van der Waals surface area contributed by atoms with Crippen molar-refractivity contribution < 1.29 is 17.9 Å². The molecule has 1 aromatic carbocycles. The zero-order chi connectivity index (χ0) is 26.4. The van der Waals surface area contributed by atoms with E-state index in [4.69, 9.17) is 4.42 Å². The molecular formula is C25H31N7O4S. The van der Waals surface area contributed by atoms with Gasteiger partial charge in [0.1, 0.15) is 23.1 Å². The highest BCUT2D eigenvalue weighted by atomic mass is 32.2. The van der Waals surface area contributed by atoms with Gasteiger partial charge in [0, 0.05) is 13.1 Å². The van der Waals surface area contributed by atoms with Crippen LogP contribution in [0.15, 0.2) is 49.6 Å². The highest BCUT2D eigenvalue weighted by Gasteiger charge is 2.32. The minimum Gasteiger partial charge on any atom is -0.504 e. The Morgan fingerprint density at radius 2 is 1.70 bits per heavy atom. The number of hydrogen-bond donors (Lipinski definition) is 3. The number of aryl methyl sites for hydroxylation is 1. The molecule has 0 unspecified atom stereocenters. The van der Waals surface area contributed by atoms with Gasteiger partial charge in [-0.1, -0.05) is 26.8 Å². The summed E-state index contributed by atoms with van der Waals surface area (Å²) in [6.07, 6.45) is 1.60. The summed E-state index contributed by atoms with van der Waals surface area (Å²) in [5.74, 6) is 1.81. The average Bonchev–Trinajstić information content (AvgIpc) is 3.60. The number of aromatic nitrogens is 2. The number of sulfonamides is 1. The fourth-order valence-corrected chi connectivity index (χ4v) is 6.10. The van der Waals surface area contributed by atoms with Crippen molar-refractivity contribution in [3.63, 3.8) is 0 Å². The molecule has 0 amide bonds. The van der Waals surface area contributed by atoms with Gasteiger partial charge < -0.3 is 20.2 Å². The zero-order valence-corrected chi connectivity index (χ0v) is 22.1. The molecule has 0 bridgehead atoms. The van der Waals surface area contributed by atoms with Crippen molar-refractivity contribution in [2.75, 3.05) is 30.4 Å². The number of rotatable bonds is 7. The van der Waals surface area contributed by atoms with Crippen LogP contribution in [0.4, 0.5) is 17.3 Å². The first-order valence-electron chi connectivity index (χ1n) is 12.2. The lowest BCUT2D eigenvalue weighted by Crippen LogP contribution is -2.33. The van der Waals surface area contributed by atoms with Gasteiger partial charge in [-0.2, -0.15) is 4.31 Å². The second-order valence-corrected chi connectivity index (χ2v) is 12.2. The van der Waals surface area contributed by atoms with Crippen molar-refractivity contribution in [2.45, 2.75) is 51.5 Å². The Morgan fingerprint density at radius 1 is 1.03 bits per heavy atom. The fourth-order valence-electron chi connectivity index (χ4n) is 4.47. The normalized spacial score (nSPS) is 16.6. The topological polar surface area (TPSA) is 145 Å². The van der Waals surface area contributed by atoms with E-state index in [1.807, 2.05) is 19.1 Å². The summed E-state index contributed by atoms with van der Waals surface area (Å²) < 4.78 is 33.6. The van der Waals surface area contributed by atoms with Crippen molar-refractivity contribution in [3.8, 4) is 5.75 Å². The lowest BCUT2D eigenvalue weighted by Gasteiger charge is -2.30. The molecule has 196 valence electrons. The zero-order valence-electron chi connectivity index (χ0n) is 21.3. The van der Waals surface area contributed by atoms with E-state index in [1.165, 1.54) is 10.4 Å². The number of fused-ring (bicyclic) bond motifs is 1. The van der Waals surface area contributed by atoms with E-state index in [0.717, 1.165) is 24.4 Å². The number of nitrogens with zero attached hydrogens (tertiary/aromatic N) is 5. The molecule has 37 heavy (non-hydrogen) atoms. The summed E-state index contributed by atoms with van der Waals surface area (Å²) >= 11 is 0. The monoisotopic (exact) mass is 525 g/mol. The van der Waals surface area contributed by atoms with Gasteiger partial charge in [-0.15, -0.1) is 0 Å². The van der Waals surface area contributed by atoms with Crippen molar-refractivity contribution in [3.05, 3.63) is 52.8 Å². The van der Waals surface area contributed by atoms with Crippen LogP contribution >= 0.6 is 0 Å². The lowest BCUT2D eigenvalue weighted by molar-refractivity contribution is 0.300. The number of benzene rings is 1. The van der Waals surface area contributed by atoms with Crippen LogP contribution in [0.2, 0.25) is 0 Å². The van der Waals surface area contributed by atoms with Crippen LogP contribution in [0.5, 0.6) is 5.75 Å².